The molecule has 1 aliphatic rings. The predicted octanol–water partition coefficient (Wildman–Crippen LogP) is 4.17. The minimum Gasteiger partial charge on any atom is -0.444 e. The van der Waals surface area contributed by atoms with Crippen LogP contribution in [0.3, 0.4) is 0 Å². The second kappa shape index (κ2) is 7.65. The Morgan fingerprint density at radius 1 is 1.23 bits per heavy atom. The Morgan fingerprint density at radius 2 is 1.77 bits per heavy atom. The number of imidazole rings is 1. The van der Waals surface area contributed by atoms with E-state index in [2.05, 4.69) is 9.97 Å². The Bertz CT molecular complexity index is 461. The third kappa shape index (κ3) is 5.04. The topological polar surface area (TPSA) is 58.2 Å². The molecule has 1 aromatic rings. The first-order valence-electron chi connectivity index (χ1n) is 8.27. The van der Waals surface area contributed by atoms with E-state index in [-0.39, 0.29) is 6.09 Å². The molecule has 0 saturated carbocycles. The molecule has 1 aromatic heterocycles. The summed E-state index contributed by atoms with van der Waals surface area (Å²) in [7, 11) is 0. The lowest BCUT2D eigenvalue weighted by molar-refractivity contribution is 0.0203. The van der Waals surface area contributed by atoms with E-state index in [0.717, 1.165) is 43.1 Å². The molecule has 126 valence electrons. The summed E-state index contributed by atoms with van der Waals surface area (Å²) in [5, 5.41) is 0. The van der Waals surface area contributed by atoms with E-state index in [1.165, 1.54) is 0 Å². The van der Waals surface area contributed by atoms with Crippen molar-refractivity contribution in [1.29, 1.82) is 0 Å². The Morgan fingerprint density at radius 3 is 2.18 bits per heavy atom. The zero-order chi connectivity index (χ0) is 16.9. The number of likely N-dealkylation sites (tertiary alicyclic amines) is 1. The highest BCUT2D eigenvalue weighted by molar-refractivity contribution is 5.68. The highest BCUT2D eigenvalue weighted by Crippen LogP contribution is 2.27. The Kier molecular flexibility index (Phi) is 6.45. The highest BCUT2D eigenvalue weighted by Gasteiger charge is 2.28. The van der Waals surface area contributed by atoms with E-state index in [0.29, 0.717) is 5.92 Å². The lowest BCUT2D eigenvalue weighted by atomic mass is 9.96. The molecule has 0 atom stereocenters. The summed E-state index contributed by atoms with van der Waals surface area (Å²) in [5.41, 5.74) is 1.77. The molecule has 1 saturated heterocycles. The number of amides is 1. The summed E-state index contributed by atoms with van der Waals surface area (Å²) in [6.07, 6.45) is 1.67. The molecular formula is C17H31N3O2. The molecule has 1 amide bonds. The van der Waals surface area contributed by atoms with Gasteiger partial charge in [-0.3, -0.25) is 0 Å². The molecule has 0 bridgehead atoms. The van der Waals surface area contributed by atoms with Crippen molar-refractivity contribution in [2.24, 2.45) is 0 Å². The lowest BCUT2D eigenvalue weighted by Gasteiger charge is -2.32. The van der Waals surface area contributed by atoms with Crippen molar-refractivity contribution in [3.8, 4) is 0 Å². The van der Waals surface area contributed by atoms with Crippen LogP contribution < -0.4 is 0 Å². The zero-order valence-corrected chi connectivity index (χ0v) is 15.1. The van der Waals surface area contributed by atoms with Gasteiger partial charge in [0, 0.05) is 24.7 Å². The average molecular weight is 309 g/mol. The Hall–Kier alpha value is -1.52. The number of hydrogen-bond acceptors (Lipinski definition) is 3. The van der Waals surface area contributed by atoms with Crippen LogP contribution in [0.25, 0.3) is 0 Å². The summed E-state index contributed by atoms with van der Waals surface area (Å²) in [6, 6.07) is 0. The van der Waals surface area contributed by atoms with Crippen molar-refractivity contribution in [2.45, 2.75) is 72.8 Å². The van der Waals surface area contributed by atoms with Crippen LogP contribution in [-0.4, -0.2) is 39.7 Å². The molecule has 5 nitrogen and oxygen atoms in total. The molecule has 0 aromatic carbocycles. The standard InChI is InChI=1S/C15H25N3O2.C2H6/c1-10-11(2)17-13(16-10)12-6-8-18(9-7-12)14(19)20-15(3,4)5;1-2/h12H,6-9H2,1-5H3,(H,16,17);1-2H3. The van der Waals surface area contributed by atoms with Crippen molar-refractivity contribution >= 4 is 6.09 Å². The van der Waals surface area contributed by atoms with Gasteiger partial charge in [-0.2, -0.15) is 0 Å². The van der Waals surface area contributed by atoms with Crippen molar-refractivity contribution < 1.29 is 9.53 Å². The van der Waals surface area contributed by atoms with E-state index in [1.807, 2.05) is 48.5 Å². The van der Waals surface area contributed by atoms with Crippen LogP contribution in [0.2, 0.25) is 0 Å². The quantitative estimate of drug-likeness (QED) is 0.847. The lowest BCUT2D eigenvalue weighted by Crippen LogP contribution is -2.41. The van der Waals surface area contributed by atoms with E-state index in [1.54, 1.807) is 4.90 Å². The fraction of sp³-hybridized carbons (Fsp3) is 0.765. The molecule has 0 unspecified atom stereocenters. The first-order chi connectivity index (χ1) is 10.3. The van der Waals surface area contributed by atoms with Crippen LogP contribution >= 0.6 is 0 Å². The Labute approximate surface area is 134 Å². The maximum Gasteiger partial charge on any atom is 0.410 e. The number of hydrogen-bond donors (Lipinski definition) is 1. The number of carbonyl (C=O) groups excluding carboxylic acids is 1. The molecule has 5 heteroatoms. The molecule has 2 rings (SSSR count). The Balaban J connectivity index is 0.00000116. The number of ether oxygens (including phenoxy) is 1. The largest absolute Gasteiger partial charge is 0.444 e. The van der Waals surface area contributed by atoms with E-state index in [9.17, 15) is 4.79 Å². The van der Waals surface area contributed by atoms with Gasteiger partial charge in [-0.1, -0.05) is 13.8 Å². The molecule has 1 aliphatic heterocycles. The number of aryl methyl sites for hydroxylation is 2. The van der Waals surface area contributed by atoms with Crippen LogP contribution in [-0.2, 0) is 4.74 Å². The molecule has 0 spiro atoms. The number of aromatic nitrogens is 2. The third-order valence-electron chi connectivity index (χ3n) is 3.68. The summed E-state index contributed by atoms with van der Waals surface area (Å²) in [4.78, 5) is 21.7. The smallest absolute Gasteiger partial charge is 0.410 e. The van der Waals surface area contributed by atoms with Gasteiger partial charge in [0.1, 0.15) is 11.4 Å². The predicted molar refractivity (Wildman–Crippen MR) is 89.2 cm³/mol. The molecular weight excluding hydrogens is 278 g/mol. The summed E-state index contributed by atoms with van der Waals surface area (Å²) in [6.45, 7) is 15.2. The van der Waals surface area contributed by atoms with Crippen molar-refractivity contribution in [3.63, 3.8) is 0 Å². The van der Waals surface area contributed by atoms with Crippen molar-refractivity contribution in [1.82, 2.24) is 14.9 Å². The van der Waals surface area contributed by atoms with Gasteiger partial charge in [-0.15, -0.1) is 0 Å². The first kappa shape index (κ1) is 18.5. The van der Waals surface area contributed by atoms with E-state index < -0.39 is 5.60 Å². The number of nitrogens with one attached hydrogen (secondary N) is 1. The molecule has 1 N–H and O–H groups in total. The minimum atomic E-state index is -0.427. The summed E-state index contributed by atoms with van der Waals surface area (Å²) >= 11 is 0. The monoisotopic (exact) mass is 309 g/mol. The molecule has 0 radical (unpaired) electrons. The molecule has 22 heavy (non-hydrogen) atoms. The maximum atomic E-state index is 12.0. The normalized spacial score (nSPS) is 16.0. The molecule has 1 fully saturated rings. The van der Waals surface area contributed by atoms with Crippen LogP contribution in [0.4, 0.5) is 4.79 Å². The average Bonchev–Trinajstić information content (AvgIpc) is 2.79. The van der Waals surface area contributed by atoms with Gasteiger partial charge in [0.2, 0.25) is 0 Å². The zero-order valence-electron chi connectivity index (χ0n) is 15.1. The number of nitrogens with zero attached hydrogens (tertiary/aromatic N) is 2. The van der Waals surface area contributed by atoms with Gasteiger partial charge < -0.3 is 14.6 Å². The van der Waals surface area contributed by atoms with Crippen LogP contribution in [0.1, 0.15) is 70.6 Å². The van der Waals surface area contributed by atoms with Crippen LogP contribution in [0.5, 0.6) is 0 Å². The van der Waals surface area contributed by atoms with Gasteiger partial charge in [0.05, 0.1) is 5.69 Å². The number of rotatable bonds is 1. The fourth-order valence-electron chi connectivity index (χ4n) is 2.43. The van der Waals surface area contributed by atoms with E-state index in [4.69, 9.17) is 4.74 Å². The number of aromatic amines is 1. The molecule has 2 heterocycles. The van der Waals surface area contributed by atoms with Crippen molar-refractivity contribution in [3.05, 3.63) is 17.2 Å². The number of piperidine rings is 1. The van der Waals surface area contributed by atoms with Gasteiger partial charge in [-0.25, -0.2) is 9.78 Å². The summed E-state index contributed by atoms with van der Waals surface area (Å²) in [5.74, 6) is 1.48. The number of carbonyl (C=O) groups is 1. The van der Waals surface area contributed by atoms with Gasteiger partial charge in [0.15, 0.2) is 0 Å². The van der Waals surface area contributed by atoms with Crippen LogP contribution in [0, 0.1) is 13.8 Å². The summed E-state index contributed by atoms with van der Waals surface area (Å²) < 4.78 is 5.40. The SMILES string of the molecule is CC.Cc1nc(C2CCN(C(=O)OC(C)(C)C)CC2)[nH]c1C. The van der Waals surface area contributed by atoms with Crippen molar-refractivity contribution in [2.75, 3.05) is 13.1 Å². The second-order valence-electron chi connectivity index (χ2n) is 6.57. The highest BCUT2D eigenvalue weighted by atomic mass is 16.6. The third-order valence-corrected chi connectivity index (χ3v) is 3.68. The second-order valence-corrected chi connectivity index (χ2v) is 6.57. The van der Waals surface area contributed by atoms with Gasteiger partial charge in [0.25, 0.3) is 0 Å². The van der Waals surface area contributed by atoms with Gasteiger partial charge >= 0.3 is 6.09 Å². The number of H-pyrrole nitrogens is 1. The maximum absolute atomic E-state index is 12.0. The van der Waals surface area contributed by atoms with Gasteiger partial charge in [-0.05, 0) is 47.5 Å². The first-order valence-corrected chi connectivity index (χ1v) is 8.27. The minimum absolute atomic E-state index is 0.206. The van der Waals surface area contributed by atoms with E-state index >= 15 is 0 Å². The molecule has 0 aliphatic carbocycles. The van der Waals surface area contributed by atoms with Crippen LogP contribution in [0.15, 0.2) is 0 Å². The fourth-order valence-corrected chi connectivity index (χ4v) is 2.43.